The van der Waals surface area contributed by atoms with Crippen molar-refractivity contribution in [3.05, 3.63) is 20.2 Å². The van der Waals surface area contributed by atoms with Gasteiger partial charge in [-0.25, -0.2) is 5.41 Å². The summed E-state index contributed by atoms with van der Waals surface area (Å²) in [5, 5.41) is 37.5. The second-order valence-corrected chi connectivity index (χ2v) is 11.3. The first-order valence-corrected chi connectivity index (χ1v) is 13.6. The summed E-state index contributed by atoms with van der Waals surface area (Å²) in [4.78, 5) is 46.9. The van der Waals surface area contributed by atoms with Crippen molar-refractivity contribution >= 4 is 45.5 Å². The summed E-state index contributed by atoms with van der Waals surface area (Å²) in [6.07, 6.45) is 1.16. The minimum absolute atomic E-state index is 0.0600. The molecule has 2 fully saturated rings. The predicted octanol–water partition coefficient (Wildman–Crippen LogP) is 2.68. The highest BCUT2D eigenvalue weighted by Gasteiger charge is 2.46. The van der Waals surface area contributed by atoms with Gasteiger partial charge in [-0.05, 0) is 25.7 Å². The molecule has 0 bridgehead atoms. The summed E-state index contributed by atoms with van der Waals surface area (Å²) in [6.45, 7) is -0.100. The number of hydrogen-bond acceptors (Lipinski definition) is 14. The molecule has 0 aromatic heterocycles. The van der Waals surface area contributed by atoms with E-state index in [0.717, 1.165) is 7.11 Å². The van der Waals surface area contributed by atoms with E-state index >= 15 is 0 Å². The number of nitrogens with one attached hydrogen (secondary N) is 2. The molecular weight excluding hydrogens is 520 g/mol. The van der Waals surface area contributed by atoms with Crippen LogP contribution in [0.4, 0.5) is 0 Å². The highest BCUT2D eigenvalue weighted by Crippen LogP contribution is 2.45. The minimum atomic E-state index is -1.11. The first-order valence-electron chi connectivity index (χ1n) is 11.3. The van der Waals surface area contributed by atoms with Gasteiger partial charge in [-0.15, -0.1) is 0 Å². The van der Waals surface area contributed by atoms with Crippen LogP contribution in [0.2, 0.25) is 0 Å². The molecule has 2 saturated carbocycles. The Morgan fingerprint density at radius 1 is 0.861 bits per heavy atom. The molecular formula is C20H30N4O10S2. The van der Waals surface area contributed by atoms with Gasteiger partial charge in [0.05, 0.1) is 27.2 Å². The first-order chi connectivity index (χ1) is 17.1. The lowest BCUT2D eigenvalue weighted by Gasteiger charge is -2.32. The van der Waals surface area contributed by atoms with E-state index in [1.807, 2.05) is 0 Å². The number of rotatable bonds is 10. The third-order valence-electron chi connectivity index (χ3n) is 6.20. The minimum Gasteiger partial charge on any atom is -0.484 e. The molecule has 6 atom stereocenters. The van der Waals surface area contributed by atoms with E-state index in [-0.39, 0.29) is 55.1 Å². The number of carbonyl (C=O) groups excluding carboxylic acids is 2. The van der Waals surface area contributed by atoms with Crippen LogP contribution in [-0.4, -0.2) is 77.2 Å². The summed E-state index contributed by atoms with van der Waals surface area (Å²) in [6, 6.07) is -2.16. The molecule has 0 spiro atoms. The normalized spacial score (nSPS) is 27.8. The average molecular weight is 551 g/mol. The van der Waals surface area contributed by atoms with E-state index in [4.69, 9.17) is 25.0 Å². The maximum Gasteiger partial charge on any atom is 0.388 e. The average Bonchev–Trinajstić information content (AvgIpc) is 2.86. The van der Waals surface area contributed by atoms with Crippen molar-refractivity contribution in [2.24, 2.45) is 11.8 Å². The topological polar surface area (TPSA) is 205 Å². The van der Waals surface area contributed by atoms with Gasteiger partial charge in [-0.3, -0.25) is 35.2 Å². The Bertz CT molecular complexity index is 860. The van der Waals surface area contributed by atoms with Crippen LogP contribution in [0.5, 0.6) is 0 Å². The predicted molar refractivity (Wildman–Crippen MR) is 130 cm³/mol. The first kappa shape index (κ1) is 29.6. The Morgan fingerprint density at radius 2 is 1.36 bits per heavy atom. The van der Waals surface area contributed by atoms with Crippen molar-refractivity contribution in [2.45, 2.75) is 67.5 Å². The van der Waals surface area contributed by atoms with Crippen molar-refractivity contribution in [1.82, 2.24) is 0 Å². The summed E-state index contributed by atoms with van der Waals surface area (Å²) < 4.78 is 19.1. The molecule has 2 aliphatic rings. The molecule has 0 aliphatic heterocycles. The molecule has 0 saturated heterocycles. The monoisotopic (exact) mass is 550 g/mol. The number of hydrogen-bond donors (Lipinski definition) is 2. The molecule has 6 unspecified atom stereocenters. The van der Waals surface area contributed by atoms with Crippen LogP contribution >= 0.6 is 21.6 Å². The molecule has 0 amide bonds. The van der Waals surface area contributed by atoms with Gasteiger partial charge in [0.2, 0.25) is 12.1 Å². The van der Waals surface area contributed by atoms with Crippen LogP contribution in [-0.2, 0) is 28.5 Å². The van der Waals surface area contributed by atoms with E-state index in [1.54, 1.807) is 0 Å². The van der Waals surface area contributed by atoms with Crippen LogP contribution < -0.4 is 0 Å². The smallest absolute Gasteiger partial charge is 0.388 e. The van der Waals surface area contributed by atoms with Gasteiger partial charge >= 0.3 is 18.0 Å². The van der Waals surface area contributed by atoms with Crippen LogP contribution in [0.15, 0.2) is 0 Å². The molecule has 16 heteroatoms. The van der Waals surface area contributed by atoms with Crippen molar-refractivity contribution in [3.8, 4) is 0 Å². The van der Waals surface area contributed by atoms with Gasteiger partial charge in [0.1, 0.15) is 11.8 Å². The number of nitrogens with zero attached hydrogens (tertiary/aromatic N) is 2. The van der Waals surface area contributed by atoms with E-state index in [0.29, 0.717) is 12.8 Å². The number of methoxy groups -OCH3 is 2. The zero-order valence-corrected chi connectivity index (χ0v) is 21.5. The van der Waals surface area contributed by atoms with E-state index in [2.05, 4.69) is 4.74 Å². The quantitative estimate of drug-likeness (QED) is 0.101. The summed E-state index contributed by atoms with van der Waals surface area (Å²) in [5.74, 6) is -3.56. The van der Waals surface area contributed by atoms with Crippen molar-refractivity contribution in [3.63, 3.8) is 0 Å². The number of carbonyl (C=O) groups is 2. The Kier molecular flexibility index (Phi) is 11.7. The van der Waals surface area contributed by atoms with Gasteiger partial charge in [-0.2, -0.15) is 0 Å². The van der Waals surface area contributed by atoms with E-state index in [1.165, 1.54) is 28.7 Å². The van der Waals surface area contributed by atoms with Gasteiger partial charge in [-0.1, -0.05) is 21.6 Å². The zero-order valence-electron chi connectivity index (χ0n) is 19.9. The molecule has 2 N–H and O–H groups in total. The maximum absolute atomic E-state index is 12.6. The highest BCUT2D eigenvalue weighted by atomic mass is 33.1. The van der Waals surface area contributed by atoms with Crippen LogP contribution in [0.3, 0.4) is 0 Å². The molecule has 36 heavy (non-hydrogen) atoms. The number of nitro groups is 2. The van der Waals surface area contributed by atoms with Gasteiger partial charge < -0.3 is 18.9 Å². The molecule has 0 aromatic carbocycles. The number of esters is 2. The van der Waals surface area contributed by atoms with E-state index < -0.39 is 51.8 Å². The third-order valence-corrected chi connectivity index (χ3v) is 9.68. The lowest BCUT2D eigenvalue weighted by atomic mass is 9.84. The molecule has 14 nitrogen and oxygen atoms in total. The lowest BCUT2D eigenvalue weighted by molar-refractivity contribution is -0.533. The fraction of sp³-hybridized carbons (Fsp3) is 0.800. The Morgan fingerprint density at radius 3 is 1.81 bits per heavy atom. The highest BCUT2D eigenvalue weighted by molar-refractivity contribution is 8.77. The fourth-order valence-corrected chi connectivity index (χ4v) is 7.58. The summed E-state index contributed by atoms with van der Waals surface area (Å²) >= 11 is 0. The summed E-state index contributed by atoms with van der Waals surface area (Å²) in [5.41, 5.74) is 0. The third kappa shape index (κ3) is 8.50. The Balaban J connectivity index is 1.95. The van der Waals surface area contributed by atoms with Crippen molar-refractivity contribution in [1.29, 1.82) is 10.8 Å². The SMILES string of the molecule is COC(=N)CCOC(=O)C1CC(SSC2CCC([N+](=O)[O-])C(C(=O)OC(=N)OC)C2)CCC1[N+](=O)[O-]. The second-order valence-electron chi connectivity index (χ2n) is 8.44. The van der Waals surface area contributed by atoms with Crippen LogP contribution in [0, 0.1) is 42.9 Å². The molecule has 2 aliphatic carbocycles. The number of ether oxygens (including phenoxy) is 4. The van der Waals surface area contributed by atoms with Crippen molar-refractivity contribution in [2.75, 3.05) is 20.8 Å². The zero-order chi connectivity index (χ0) is 26.8. The molecule has 0 radical (unpaired) electrons. The van der Waals surface area contributed by atoms with Crippen LogP contribution in [0.25, 0.3) is 0 Å². The van der Waals surface area contributed by atoms with Crippen LogP contribution in [0.1, 0.15) is 44.9 Å². The van der Waals surface area contributed by atoms with Gasteiger partial charge in [0, 0.05) is 33.2 Å². The van der Waals surface area contributed by atoms with Gasteiger partial charge in [0.15, 0.2) is 5.90 Å². The van der Waals surface area contributed by atoms with E-state index in [9.17, 15) is 29.8 Å². The fourth-order valence-electron chi connectivity index (χ4n) is 4.24. The summed E-state index contributed by atoms with van der Waals surface area (Å²) in [7, 11) is 5.38. The standard InChI is InChI=1S/C20H30N4O10S2/c1-31-17(21)7-8-33-18(25)13-9-11(3-5-15(13)23(27)28)35-36-12-4-6-16(24(29)30)14(10-12)19(26)34-20(22)32-2/h11-16,21-22H,3-10H2,1-2H3. The molecule has 0 aromatic rings. The molecule has 202 valence electrons. The lowest BCUT2D eigenvalue weighted by Crippen LogP contribution is -2.42. The van der Waals surface area contributed by atoms with Gasteiger partial charge in [0.25, 0.3) is 0 Å². The Labute approximate surface area is 215 Å². The maximum atomic E-state index is 12.6. The molecule has 0 heterocycles. The Hall–Kier alpha value is -2.62. The van der Waals surface area contributed by atoms with Crippen molar-refractivity contribution < 1.29 is 38.4 Å². The molecule has 2 rings (SSSR count). The largest absolute Gasteiger partial charge is 0.484 e. The second kappa shape index (κ2) is 14.2.